The molecule has 0 radical (unpaired) electrons. The van der Waals surface area contributed by atoms with Gasteiger partial charge in [0.1, 0.15) is 12.6 Å². The van der Waals surface area contributed by atoms with E-state index in [0.717, 1.165) is 32.1 Å². The molecular weight excluding hydrogens is 246 g/mol. The minimum Gasteiger partial charge on any atom is -0.321 e. The Labute approximate surface area is 113 Å². The third-order valence-corrected chi connectivity index (χ3v) is 3.42. The molecular formula is C12H25N5O2. The second kappa shape index (κ2) is 8.34. The summed E-state index contributed by atoms with van der Waals surface area (Å²) < 4.78 is 0. The van der Waals surface area contributed by atoms with Crippen LogP contribution in [0.1, 0.15) is 25.7 Å². The minimum absolute atomic E-state index is 0.00852. The summed E-state index contributed by atoms with van der Waals surface area (Å²) in [5, 5.41) is 2.86. The lowest BCUT2D eigenvalue weighted by atomic mass is 10.1. The van der Waals surface area contributed by atoms with Gasteiger partial charge in [-0.25, -0.2) is 0 Å². The Morgan fingerprint density at radius 3 is 2.79 bits per heavy atom. The number of nitrogens with two attached hydrogens (primary N) is 3. The molecule has 110 valence electrons. The lowest BCUT2D eigenvalue weighted by molar-refractivity contribution is -0.122. The lowest BCUT2D eigenvalue weighted by Crippen LogP contribution is -2.46. The summed E-state index contributed by atoms with van der Waals surface area (Å²) >= 11 is 0. The van der Waals surface area contributed by atoms with Crippen LogP contribution in [0.15, 0.2) is 0 Å². The SMILES string of the molecule is NC(N)NCCC[C@H](N)C(=O)CN1CCC[C@H]1C=O. The van der Waals surface area contributed by atoms with Gasteiger partial charge in [-0.15, -0.1) is 0 Å². The van der Waals surface area contributed by atoms with Crippen molar-refractivity contribution in [2.75, 3.05) is 19.6 Å². The maximum atomic E-state index is 11.9. The van der Waals surface area contributed by atoms with Gasteiger partial charge in [0.15, 0.2) is 5.78 Å². The zero-order valence-electron chi connectivity index (χ0n) is 11.3. The van der Waals surface area contributed by atoms with Gasteiger partial charge in [0.2, 0.25) is 0 Å². The van der Waals surface area contributed by atoms with Crippen LogP contribution < -0.4 is 22.5 Å². The minimum atomic E-state index is -0.537. The Morgan fingerprint density at radius 1 is 1.42 bits per heavy atom. The first-order chi connectivity index (χ1) is 9.04. The van der Waals surface area contributed by atoms with E-state index in [9.17, 15) is 9.59 Å². The normalized spacial score (nSPS) is 21.8. The van der Waals surface area contributed by atoms with E-state index >= 15 is 0 Å². The fraction of sp³-hybridized carbons (Fsp3) is 0.833. The molecule has 1 fully saturated rings. The average Bonchev–Trinajstić information content (AvgIpc) is 2.81. The highest BCUT2D eigenvalue weighted by molar-refractivity contribution is 5.86. The number of nitrogens with one attached hydrogen (secondary N) is 1. The van der Waals surface area contributed by atoms with Crippen LogP contribution in [-0.2, 0) is 9.59 Å². The van der Waals surface area contributed by atoms with E-state index in [1.807, 2.05) is 4.90 Å². The quantitative estimate of drug-likeness (QED) is 0.219. The molecule has 0 unspecified atom stereocenters. The zero-order chi connectivity index (χ0) is 14.3. The van der Waals surface area contributed by atoms with E-state index in [1.165, 1.54) is 0 Å². The smallest absolute Gasteiger partial charge is 0.163 e. The number of carbonyl (C=O) groups is 2. The van der Waals surface area contributed by atoms with Gasteiger partial charge in [-0.3, -0.25) is 15.0 Å². The number of hydrogen-bond acceptors (Lipinski definition) is 7. The van der Waals surface area contributed by atoms with Crippen LogP contribution >= 0.6 is 0 Å². The Hall–Kier alpha value is -0.860. The maximum absolute atomic E-state index is 11.9. The lowest BCUT2D eigenvalue weighted by Gasteiger charge is -2.21. The first-order valence-electron chi connectivity index (χ1n) is 6.76. The maximum Gasteiger partial charge on any atom is 0.163 e. The summed E-state index contributed by atoms with van der Waals surface area (Å²) in [5.41, 5.74) is 16.5. The van der Waals surface area contributed by atoms with Gasteiger partial charge in [0.25, 0.3) is 0 Å². The number of likely N-dealkylation sites (tertiary alicyclic amines) is 1. The molecule has 7 nitrogen and oxygen atoms in total. The first-order valence-corrected chi connectivity index (χ1v) is 6.76. The van der Waals surface area contributed by atoms with Crippen LogP contribution in [0.25, 0.3) is 0 Å². The largest absolute Gasteiger partial charge is 0.321 e. The third kappa shape index (κ3) is 5.75. The van der Waals surface area contributed by atoms with E-state index in [1.54, 1.807) is 0 Å². The summed E-state index contributed by atoms with van der Waals surface area (Å²) in [6.45, 7) is 1.71. The average molecular weight is 271 g/mol. The first kappa shape index (κ1) is 16.2. The number of aldehydes is 1. The van der Waals surface area contributed by atoms with Gasteiger partial charge in [-0.05, 0) is 38.8 Å². The van der Waals surface area contributed by atoms with Crippen LogP contribution in [0.2, 0.25) is 0 Å². The fourth-order valence-corrected chi connectivity index (χ4v) is 2.27. The van der Waals surface area contributed by atoms with E-state index in [4.69, 9.17) is 17.2 Å². The van der Waals surface area contributed by atoms with Crippen molar-refractivity contribution in [2.24, 2.45) is 17.2 Å². The highest BCUT2D eigenvalue weighted by Crippen LogP contribution is 2.15. The molecule has 1 rings (SSSR count). The van der Waals surface area contributed by atoms with E-state index < -0.39 is 12.3 Å². The van der Waals surface area contributed by atoms with Gasteiger partial charge < -0.3 is 22.0 Å². The van der Waals surface area contributed by atoms with Crippen LogP contribution in [-0.4, -0.2) is 55.0 Å². The predicted octanol–water partition coefficient (Wildman–Crippen LogP) is -1.88. The van der Waals surface area contributed by atoms with Crippen molar-refractivity contribution < 1.29 is 9.59 Å². The summed E-state index contributed by atoms with van der Waals surface area (Å²) in [4.78, 5) is 24.7. The number of rotatable bonds is 9. The molecule has 0 aromatic heterocycles. The monoisotopic (exact) mass is 271 g/mol. The van der Waals surface area contributed by atoms with Crippen LogP contribution in [0, 0.1) is 0 Å². The highest BCUT2D eigenvalue weighted by Gasteiger charge is 2.27. The Morgan fingerprint density at radius 2 is 2.16 bits per heavy atom. The molecule has 1 aliphatic rings. The summed E-state index contributed by atoms with van der Waals surface area (Å²) in [7, 11) is 0. The standard InChI is InChI=1S/C12H25N5O2/c13-10(4-1-5-16-12(14)15)11(19)7-17-6-2-3-9(17)8-18/h8-10,12,16H,1-7,13-15H2/t9-,10-/m0/s1. The fourth-order valence-electron chi connectivity index (χ4n) is 2.27. The number of carbonyl (C=O) groups excluding carboxylic acids is 2. The van der Waals surface area contributed by atoms with Crippen LogP contribution in [0.3, 0.4) is 0 Å². The second-order valence-electron chi connectivity index (χ2n) is 5.01. The van der Waals surface area contributed by atoms with Crippen molar-refractivity contribution >= 4 is 12.1 Å². The van der Waals surface area contributed by atoms with Crippen molar-refractivity contribution in [2.45, 2.75) is 44.1 Å². The summed E-state index contributed by atoms with van der Waals surface area (Å²) in [6.07, 6.45) is 3.52. The third-order valence-electron chi connectivity index (χ3n) is 3.42. The van der Waals surface area contributed by atoms with Crippen LogP contribution in [0.4, 0.5) is 0 Å². The molecule has 0 spiro atoms. The number of Topliss-reactive ketones (excluding diaryl/α,β-unsaturated/α-hetero) is 1. The predicted molar refractivity (Wildman–Crippen MR) is 73.0 cm³/mol. The van der Waals surface area contributed by atoms with Crippen molar-refractivity contribution in [3.8, 4) is 0 Å². The number of hydrogen-bond donors (Lipinski definition) is 4. The number of nitrogens with zero attached hydrogens (tertiary/aromatic N) is 1. The van der Waals surface area contributed by atoms with Crippen molar-refractivity contribution in [1.29, 1.82) is 0 Å². The van der Waals surface area contributed by atoms with Crippen molar-refractivity contribution in [3.63, 3.8) is 0 Å². The van der Waals surface area contributed by atoms with E-state index in [-0.39, 0.29) is 18.4 Å². The topological polar surface area (TPSA) is 127 Å². The van der Waals surface area contributed by atoms with Gasteiger partial charge in [0, 0.05) is 0 Å². The Kier molecular flexibility index (Phi) is 7.11. The van der Waals surface area contributed by atoms with E-state index in [2.05, 4.69) is 5.32 Å². The summed E-state index contributed by atoms with van der Waals surface area (Å²) in [6, 6.07) is -0.600. The summed E-state index contributed by atoms with van der Waals surface area (Å²) in [5.74, 6) is -0.00852. The Balaban J connectivity index is 2.22. The molecule has 7 N–H and O–H groups in total. The Bertz CT molecular complexity index is 298. The second-order valence-corrected chi connectivity index (χ2v) is 5.01. The molecule has 1 heterocycles. The van der Waals surface area contributed by atoms with Gasteiger partial charge in [-0.2, -0.15) is 0 Å². The van der Waals surface area contributed by atoms with Gasteiger partial charge >= 0.3 is 0 Å². The molecule has 0 aromatic carbocycles. The van der Waals surface area contributed by atoms with Crippen molar-refractivity contribution in [3.05, 3.63) is 0 Å². The van der Waals surface area contributed by atoms with Gasteiger partial charge in [-0.1, -0.05) is 0 Å². The van der Waals surface area contributed by atoms with Crippen molar-refractivity contribution in [1.82, 2.24) is 10.2 Å². The molecule has 2 atom stereocenters. The number of ketones is 1. The molecule has 0 aromatic rings. The van der Waals surface area contributed by atoms with E-state index in [0.29, 0.717) is 13.0 Å². The molecule has 0 aliphatic carbocycles. The molecule has 0 amide bonds. The molecule has 0 bridgehead atoms. The molecule has 0 saturated carbocycles. The molecule has 7 heteroatoms. The highest BCUT2D eigenvalue weighted by atomic mass is 16.1. The molecule has 1 aliphatic heterocycles. The van der Waals surface area contributed by atoms with Crippen LogP contribution in [0.5, 0.6) is 0 Å². The van der Waals surface area contributed by atoms with Gasteiger partial charge in [0.05, 0.1) is 18.6 Å². The molecule has 19 heavy (non-hydrogen) atoms. The zero-order valence-corrected chi connectivity index (χ0v) is 11.3. The molecule has 1 saturated heterocycles.